The van der Waals surface area contributed by atoms with Crippen molar-refractivity contribution in [1.82, 2.24) is 9.88 Å². The van der Waals surface area contributed by atoms with Gasteiger partial charge in [0.1, 0.15) is 5.82 Å². The number of aromatic nitrogens is 1. The highest BCUT2D eigenvalue weighted by Crippen LogP contribution is 2.06. The molecule has 0 atom stereocenters. The van der Waals surface area contributed by atoms with Crippen LogP contribution >= 0.6 is 0 Å². The summed E-state index contributed by atoms with van der Waals surface area (Å²) >= 11 is 0. The summed E-state index contributed by atoms with van der Waals surface area (Å²) in [6.07, 6.45) is 1.83. The van der Waals surface area contributed by atoms with E-state index >= 15 is 0 Å². The first kappa shape index (κ1) is 16.9. The number of nitrogens with zero attached hydrogens (tertiary/aromatic N) is 3. The van der Waals surface area contributed by atoms with Gasteiger partial charge in [-0.15, -0.1) is 0 Å². The van der Waals surface area contributed by atoms with Gasteiger partial charge >= 0.3 is 0 Å². The summed E-state index contributed by atoms with van der Waals surface area (Å²) in [5.74, 6) is 1.07. The minimum atomic E-state index is 1.02. The van der Waals surface area contributed by atoms with Crippen LogP contribution in [0, 0.1) is 0 Å². The van der Waals surface area contributed by atoms with Crippen LogP contribution in [0.25, 0.3) is 0 Å². The van der Waals surface area contributed by atoms with Crippen molar-refractivity contribution in [1.29, 1.82) is 0 Å². The lowest BCUT2D eigenvalue weighted by atomic mass is 10.4. The van der Waals surface area contributed by atoms with Crippen LogP contribution in [-0.4, -0.2) is 42.6 Å². The summed E-state index contributed by atoms with van der Waals surface area (Å²) in [7, 11) is 0. The van der Waals surface area contributed by atoms with Crippen molar-refractivity contribution in [2.75, 3.05) is 37.6 Å². The van der Waals surface area contributed by atoms with E-state index in [1.807, 2.05) is 24.4 Å². The Morgan fingerprint density at radius 1 is 0.833 bits per heavy atom. The maximum Gasteiger partial charge on any atom is 0.128 e. The fraction of sp³-hybridized carbons (Fsp3) is 0.667. The number of hydrogen-bond donors (Lipinski definition) is 0. The maximum atomic E-state index is 4.25. The lowest BCUT2D eigenvalue weighted by Crippen LogP contribution is -2.22. The van der Waals surface area contributed by atoms with Crippen LogP contribution in [0.4, 0.5) is 5.82 Å². The Labute approximate surface area is 113 Å². The molecular formula is C15H29N3. The fourth-order valence-corrected chi connectivity index (χ4v) is 1.76. The van der Waals surface area contributed by atoms with Crippen LogP contribution in [0.5, 0.6) is 0 Å². The van der Waals surface area contributed by atoms with Gasteiger partial charge in [0.05, 0.1) is 0 Å². The van der Waals surface area contributed by atoms with E-state index in [2.05, 4.69) is 49.4 Å². The molecule has 0 aliphatic heterocycles. The molecule has 0 fully saturated rings. The Balaban J connectivity index is 0.000000360. The van der Waals surface area contributed by atoms with Crippen molar-refractivity contribution in [3.63, 3.8) is 0 Å². The summed E-state index contributed by atoms with van der Waals surface area (Å²) in [4.78, 5) is 8.84. The Bertz CT molecular complexity index is 261. The number of anilines is 1. The molecule has 0 saturated heterocycles. The van der Waals surface area contributed by atoms with E-state index < -0.39 is 0 Å². The lowest BCUT2D eigenvalue weighted by molar-refractivity contribution is 0.321. The van der Waals surface area contributed by atoms with Crippen LogP contribution in [0.2, 0.25) is 0 Å². The molecule has 0 unspecified atom stereocenters. The molecule has 0 amide bonds. The summed E-state index contributed by atoms with van der Waals surface area (Å²) in [6.45, 7) is 16.4. The zero-order chi connectivity index (χ0) is 13.8. The van der Waals surface area contributed by atoms with Crippen molar-refractivity contribution >= 4 is 5.82 Å². The maximum absolute atomic E-state index is 4.25. The zero-order valence-electron chi connectivity index (χ0n) is 12.7. The molecular weight excluding hydrogens is 222 g/mol. The van der Waals surface area contributed by atoms with Gasteiger partial charge in [0.25, 0.3) is 0 Å². The standard InChI is InChI=1S/C9H14N2.C6H15N/c1-3-11(4-2)9-7-5-6-8-10-9;1-4-7(5-2)6-3/h5-8H,3-4H2,1-2H3;4-6H2,1-3H3. The Morgan fingerprint density at radius 2 is 1.39 bits per heavy atom. The fourth-order valence-electron chi connectivity index (χ4n) is 1.76. The second-order valence-corrected chi connectivity index (χ2v) is 3.98. The number of hydrogen-bond acceptors (Lipinski definition) is 3. The van der Waals surface area contributed by atoms with Crippen molar-refractivity contribution < 1.29 is 0 Å². The summed E-state index contributed by atoms with van der Waals surface area (Å²) in [6, 6.07) is 5.99. The van der Waals surface area contributed by atoms with Crippen LogP contribution in [-0.2, 0) is 0 Å². The van der Waals surface area contributed by atoms with Gasteiger partial charge in [0.15, 0.2) is 0 Å². The number of rotatable bonds is 6. The van der Waals surface area contributed by atoms with Gasteiger partial charge in [-0.2, -0.15) is 0 Å². The van der Waals surface area contributed by atoms with E-state index in [1.54, 1.807) is 0 Å². The molecule has 1 aromatic heterocycles. The molecule has 0 aromatic carbocycles. The highest BCUT2D eigenvalue weighted by molar-refractivity contribution is 5.36. The monoisotopic (exact) mass is 251 g/mol. The number of pyridine rings is 1. The first-order chi connectivity index (χ1) is 8.73. The molecule has 3 heteroatoms. The second-order valence-electron chi connectivity index (χ2n) is 3.98. The van der Waals surface area contributed by atoms with Crippen molar-refractivity contribution in [2.24, 2.45) is 0 Å². The average Bonchev–Trinajstić information content (AvgIpc) is 2.44. The SMILES string of the molecule is CCN(CC)CC.CCN(CC)c1ccccn1. The van der Waals surface area contributed by atoms with Gasteiger partial charge in [0, 0.05) is 19.3 Å². The summed E-state index contributed by atoms with van der Waals surface area (Å²) in [5, 5.41) is 0. The van der Waals surface area contributed by atoms with Gasteiger partial charge in [-0.25, -0.2) is 4.98 Å². The van der Waals surface area contributed by atoms with Crippen LogP contribution < -0.4 is 4.90 Å². The predicted molar refractivity (Wildman–Crippen MR) is 81.3 cm³/mol. The second kappa shape index (κ2) is 11.0. The molecule has 0 bridgehead atoms. The normalized spacial score (nSPS) is 9.89. The topological polar surface area (TPSA) is 19.4 Å². The Hall–Kier alpha value is -1.09. The predicted octanol–water partition coefficient (Wildman–Crippen LogP) is 3.28. The third-order valence-electron chi connectivity index (χ3n) is 3.08. The van der Waals surface area contributed by atoms with Gasteiger partial charge < -0.3 is 9.80 Å². The summed E-state index contributed by atoms with van der Waals surface area (Å²) in [5.41, 5.74) is 0. The Kier molecular flexibility index (Phi) is 10.4. The third kappa shape index (κ3) is 6.60. The first-order valence-electron chi connectivity index (χ1n) is 7.11. The van der Waals surface area contributed by atoms with Crippen LogP contribution in [0.3, 0.4) is 0 Å². The van der Waals surface area contributed by atoms with Gasteiger partial charge in [-0.3, -0.25) is 0 Å². The van der Waals surface area contributed by atoms with E-state index in [-0.39, 0.29) is 0 Å². The molecule has 0 N–H and O–H groups in total. The molecule has 0 spiro atoms. The van der Waals surface area contributed by atoms with Crippen molar-refractivity contribution in [2.45, 2.75) is 34.6 Å². The van der Waals surface area contributed by atoms with Crippen LogP contribution in [0.15, 0.2) is 24.4 Å². The van der Waals surface area contributed by atoms with Crippen LogP contribution in [0.1, 0.15) is 34.6 Å². The van der Waals surface area contributed by atoms with Gasteiger partial charge in [-0.05, 0) is 45.6 Å². The summed E-state index contributed by atoms with van der Waals surface area (Å²) < 4.78 is 0. The molecule has 3 nitrogen and oxygen atoms in total. The van der Waals surface area contributed by atoms with E-state index in [4.69, 9.17) is 0 Å². The largest absolute Gasteiger partial charge is 0.357 e. The quantitative estimate of drug-likeness (QED) is 0.773. The first-order valence-corrected chi connectivity index (χ1v) is 7.11. The highest BCUT2D eigenvalue weighted by atomic mass is 15.2. The van der Waals surface area contributed by atoms with E-state index in [9.17, 15) is 0 Å². The molecule has 0 radical (unpaired) electrons. The highest BCUT2D eigenvalue weighted by Gasteiger charge is 1.99. The molecule has 104 valence electrons. The molecule has 18 heavy (non-hydrogen) atoms. The third-order valence-corrected chi connectivity index (χ3v) is 3.08. The molecule has 0 saturated carbocycles. The van der Waals surface area contributed by atoms with E-state index in [0.29, 0.717) is 0 Å². The average molecular weight is 251 g/mol. The minimum absolute atomic E-state index is 1.02. The van der Waals surface area contributed by atoms with E-state index in [0.717, 1.165) is 18.9 Å². The molecule has 1 rings (SSSR count). The van der Waals surface area contributed by atoms with Crippen molar-refractivity contribution in [3.8, 4) is 0 Å². The van der Waals surface area contributed by atoms with E-state index in [1.165, 1.54) is 19.6 Å². The lowest BCUT2D eigenvalue weighted by Gasteiger charge is -2.18. The minimum Gasteiger partial charge on any atom is -0.357 e. The molecule has 1 heterocycles. The molecule has 0 aliphatic rings. The Morgan fingerprint density at radius 3 is 1.67 bits per heavy atom. The molecule has 0 aliphatic carbocycles. The zero-order valence-corrected chi connectivity index (χ0v) is 12.7. The van der Waals surface area contributed by atoms with Crippen molar-refractivity contribution in [3.05, 3.63) is 24.4 Å². The molecule has 1 aromatic rings. The van der Waals surface area contributed by atoms with Gasteiger partial charge in [-0.1, -0.05) is 26.8 Å². The smallest absolute Gasteiger partial charge is 0.128 e. The van der Waals surface area contributed by atoms with Gasteiger partial charge in [0.2, 0.25) is 0 Å².